The van der Waals surface area contributed by atoms with E-state index in [9.17, 15) is 4.79 Å². The number of rotatable bonds is 4. The summed E-state index contributed by atoms with van der Waals surface area (Å²) in [5.41, 5.74) is 1.39. The number of carbonyl (C=O) groups is 1. The molecule has 2 aliphatic rings. The van der Waals surface area contributed by atoms with Crippen LogP contribution in [0.4, 0.5) is 5.69 Å². The number of pyridine rings is 1. The van der Waals surface area contributed by atoms with Gasteiger partial charge in [-0.1, -0.05) is 0 Å². The van der Waals surface area contributed by atoms with Gasteiger partial charge in [0.05, 0.1) is 17.7 Å². The normalized spacial score (nSPS) is 26.2. The highest BCUT2D eigenvalue weighted by atomic mass is 16.5. The highest BCUT2D eigenvalue weighted by Crippen LogP contribution is 2.38. The van der Waals surface area contributed by atoms with E-state index in [1.165, 1.54) is 12.8 Å². The molecule has 0 radical (unpaired) electrons. The lowest BCUT2D eigenvalue weighted by Gasteiger charge is -2.20. The average Bonchev–Trinajstić information content (AvgIpc) is 3.19. The second kappa shape index (κ2) is 5.17. The summed E-state index contributed by atoms with van der Waals surface area (Å²) in [7, 11) is 1.80. The Kier molecular flexibility index (Phi) is 3.38. The summed E-state index contributed by atoms with van der Waals surface area (Å²) < 4.78 is 5.74. The number of ether oxygens (including phenoxy) is 1. The SMILES string of the molecule is CNc1ccncc1C(=O)NC1CCOC1C1CC1. The van der Waals surface area contributed by atoms with Gasteiger partial charge >= 0.3 is 0 Å². The van der Waals surface area contributed by atoms with Crippen LogP contribution in [0.3, 0.4) is 0 Å². The first-order valence-corrected chi connectivity index (χ1v) is 6.84. The summed E-state index contributed by atoms with van der Waals surface area (Å²) in [6.45, 7) is 0.748. The molecule has 102 valence electrons. The summed E-state index contributed by atoms with van der Waals surface area (Å²) >= 11 is 0. The maximum Gasteiger partial charge on any atom is 0.255 e. The molecular formula is C14H19N3O2. The molecule has 5 nitrogen and oxygen atoms in total. The van der Waals surface area contributed by atoms with Crippen LogP contribution < -0.4 is 10.6 Å². The smallest absolute Gasteiger partial charge is 0.255 e. The Hall–Kier alpha value is -1.62. The molecule has 3 rings (SSSR count). The van der Waals surface area contributed by atoms with Gasteiger partial charge in [0.2, 0.25) is 0 Å². The van der Waals surface area contributed by atoms with Crippen molar-refractivity contribution < 1.29 is 9.53 Å². The number of aromatic nitrogens is 1. The van der Waals surface area contributed by atoms with E-state index >= 15 is 0 Å². The first-order chi connectivity index (χ1) is 9.29. The number of anilines is 1. The van der Waals surface area contributed by atoms with Crippen LogP contribution in [0.1, 0.15) is 29.6 Å². The summed E-state index contributed by atoms with van der Waals surface area (Å²) in [6.07, 6.45) is 6.84. The van der Waals surface area contributed by atoms with Crippen LogP contribution in [0.2, 0.25) is 0 Å². The second-order valence-corrected chi connectivity index (χ2v) is 5.21. The number of hydrogen-bond donors (Lipinski definition) is 2. The van der Waals surface area contributed by atoms with Crippen LogP contribution in [0.5, 0.6) is 0 Å². The maximum absolute atomic E-state index is 12.3. The predicted molar refractivity (Wildman–Crippen MR) is 72.1 cm³/mol. The van der Waals surface area contributed by atoms with Gasteiger partial charge in [0.15, 0.2) is 0 Å². The Bertz CT molecular complexity index is 474. The molecule has 1 saturated heterocycles. The van der Waals surface area contributed by atoms with E-state index < -0.39 is 0 Å². The molecule has 5 heteroatoms. The number of amides is 1. The van der Waals surface area contributed by atoms with Crippen molar-refractivity contribution in [2.75, 3.05) is 19.0 Å². The molecule has 0 bridgehead atoms. The highest BCUT2D eigenvalue weighted by Gasteiger charge is 2.41. The predicted octanol–water partition coefficient (Wildman–Crippen LogP) is 1.42. The van der Waals surface area contributed by atoms with Gasteiger partial charge in [-0.15, -0.1) is 0 Å². The monoisotopic (exact) mass is 261 g/mol. The lowest BCUT2D eigenvalue weighted by atomic mass is 10.1. The van der Waals surface area contributed by atoms with Crippen molar-refractivity contribution >= 4 is 11.6 Å². The van der Waals surface area contributed by atoms with E-state index in [2.05, 4.69) is 15.6 Å². The zero-order valence-electron chi connectivity index (χ0n) is 11.1. The van der Waals surface area contributed by atoms with Gasteiger partial charge in [0, 0.05) is 31.7 Å². The van der Waals surface area contributed by atoms with E-state index in [-0.39, 0.29) is 18.1 Å². The van der Waals surface area contributed by atoms with E-state index in [1.54, 1.807) is 25.5 Å². The molecule has 1 aliphatic carbocycles. The Morgan fingerprint density at radius 1 is 1.42 bits per heavy atom. The van der Waals surface area contributed by atoms with Crippen molar-refractivity contribution in [3.63, 3.8) is 0 Å². The Labute approximate surface area is 112 Å². The molecule has 1 saturated carbocycles. The molecule has 1 aliphatic heterocycles. The van der Waals surface area contributed by atoms with E-state index in [0.717, 1.165) is 18.7 Å². The van der Waals surface area contributed by atoms with Gasteiger partial charge in [0.25, 0.3) is 5.91 Å². The van der Waals surface area contributed by atoms with Crippen molar-refractivity contribution in [2.24, 2.45) is 5.92 Å². The molecule has 19 heavy (non-hydrogen) atoms. The minimum atomic E-state index is -0.0707. The zero-order valence-corrected chi connectivity index (χ0v) is 11.1. The second-order valence-electron chi connectivity index (χ2n) is 5.21. The van der Waals surface area contributed by atoms with Gasteiger partial charge in [-0.3, -0.25) is 9.78 Å². The van der Waals surface area contributed by atoms with E-state index in [1.807, 2.05) is 0 Å². The topological polar surface area (TPSA) is 63.2 Å². The fourth-order valence-corrected chi connectivity index (χ4v) is 2.69. The van der Waals surface area contributed by atoms with Crippen molar-refractivity contribution in [2.45, 2.75) is 31.4 Å². The van der Waals surface area contributed by atoms with Gasteiger partial charge in [0.1, 0.15) is 0 Å². The molecule has 2 unspecified atom stereocenters. The first kappa shape index (κ1) is 12.4. The molecule has 2 fully saturated rings. The van der Waals surface area contributed by atoms with Crippen molar-refractivity contribution in [1.29, 1.82) is 0 Å². The summed E-state index contributed by atoms with van der Waals surface area (Å²) in [5.74, 6) is 0.573. The molecule has 0 spiro atoms. The molecular weight excluding hydrogens is 242 g/mol. The third kappa shape index (κ3) is 2.56. The molecule has 2 atom stereocenters. The zero-order chi connectivity index (χ0) is 13.2. The molecule has 2 heterocycles. The molecule has 1 amide bonds. The van der Waals surface area contributed by atoms with Crippen LogP contribution in [0.25, 0.3) is 0 Å². The minimum absolute atomic E-state index is 0.0707. The first-order valence-electron chi connectivity index (χ1n) is 6.84. The number of carbonyl (C=O) groups excluding carboxylic acids is 1. The third-order valence-electron chi connectivity index (χ3n) is 3.87. The fourth-order valence-electron chi connectivity index (χ4n) is 2.69. The number of nitrogens with zero attached hydrogens (tertiary/aromatic N) is 1. The molecule has 0 aromatic carbocycles. The largest absolute Gasteiger partial charge is 0.387 e. The Balaban J connectivity index is 1.70. The van der Waals surface area contributed by atoms with Gasteiger partial charge < -0.3 is 15.4 Å². The Morgan fingerprint density at radius 3 is 3.00 bits per heavy atom. The minimum Gasteiger partial charge on any atom is -0.387 e. The number of nitrogens with one attached hydrogen (secondary N) is 2. The van der Waals surface area contributed by atoms with Crippen molar-refractivity contribution in [1.82, 2.24) is 10.3 Å². The molecule has 2 N–H and O–H groups in total. The van der Waals surface area contributed by atoms with Gasteiger partial charge in [-0.05, 0) is 31.2 Å². The van der Waals surface area contributed by atoms with E-state index in [4.69, 9.17) is 4.74 Å². The summed E-state index contributed by atoms with van der Waals surface area (Å²) in [4.78, 5) is 16.3. The van der Waals surface area contributed by atoms with Crippen LogP contribution in [0, 0.1) is 5.92 Å². The van der Waals surface area contributed by atoms with Crippen molar-refractivity contribution in [3.8, 4) is 0 Å². The Morgan fingerprint density at radius 2 is 2.26 bits per heavy atom. The lowest BCUT2D eigenvalue weighted by molar-refractivity contribution is 0.0730. The van der Waals surface area contributed by atoms with Crippen LogP contribution in [0.15, 0.2) is 18.5 Å². The van der Waals surface area contributed by atoms with E-state index in [0.29, 0.717) is 11.5 Å². The molecule has 1 aromatic heterocycles. The maximum atomic E-state index is 12.3. The fraction of sp³-hybridized carbons (Fsp3) is 0.571. The number of hydrogen-bond acceptors (Lipinski definition) is 4. The molecule has 1 aromatic rings. The average molecular weight is 261 g/mol. The van der Waals surface area contributed by atoms with Gasteiger partial charge in [-0.25, -0.2) is 0 Å². The van der Waals surface area contributed by atoms with Gasteiger partial charge in [-0.2, -0.15) is 0 Å². The van der Waals surface area contributed by atoms with Crippen molar-refractivity contribution in [3.05, 3.63) is 24.0 Å². The third-order valence-corrected chi connectivity index (χ3v) is 3.87. The lowest BCUT2D eigenvalue weighted by Crippen LogP contribution is -2.41. The van der Waals surface area contributed by atoms with Crippen LogP contribution in [-0.2, 0) is 4.74 Å². The standard InChI is InChI=1S/C14H19N3O2/c1-15-11-4-6-16-8-10(11)14(18)17-12-5-7-19-13(12)9-2-3-9/h4,6,8-9,12-13H,2-3,5,7H2,1H3,(H,15,16)(H,17,18). The quantitative estimate of drug-likeness (QED) is 0.860. The summed E-state index contributed by atoms with van der Waals surface area (Å²) in [6, 6.07) is 1.95. The van der Waals surface area contributed by atoms with Crippen LogP contribution in [-0.4, -0.2) is 36.7 Å². The highest BCUT2D eigenvalue weighted by molar-refractivity contribution is 5.99. The van der Waals surface area contributed by atoms with Crippen LogP contribution >= 0.6 is 0 Å². The summed E-state index contributed by atoms with van der Waals surface area (Å²) in [5, 5.41) is 6.11.